The maximum Gasteiger partial charge on any atom is 0.338 e. The summed E-state index contributed by atoms with van der Waals surface area (Å²) in [5, 5.41) is 10.0. The Labute approximate surface area is 223 Å². The third-order valence-electron chi connectivity index (χ3n) is 5.87. The number of phenols is 1. The van der Waals surface area contributed by atoms with E-state index in [0.717, 1.165) is 0 Å². The van der Waals surface area contributed by atoms with Crippen molar-refractivity contribution in [2.75, 3.05) is 27.4 Å². The minimum atomic E-state index is -0.804. The van der Waals surface area contributed by atoms with Crippen molar-refractivity contribution in [3.63, 3.8) is 0 Å². The number of rotatable bonds is 9. The Balaban J connectivity index is 1.91. The summed E-state index contributed by atoms with van der Waals surface area (Å²) in [6.45, 7) is 7.87. The number of aromatic hydroxyl groups is 1. The van der Waals surface area contributed by atoms with Gasteiger partial charge in [-0.25, -0.2) is 9.79 Å². The zero-order chi connectivity index (χ0) is 27.4. The number of hydrogen-bond donors (Lipinski definition) is 1. The monoisotopic (exact) mass is 536 g/mol. The highest BCUT2D eigenvalue weighted by molar-refractivity contribution is 7.07. The molecule has 1 atom stereocenters. The van der Waals surface area contributed by atoms with Gasteiger partial charge in [-0.1, -0.05) is 36.1 Å². The molecule has 9 nitrogen and oxygen atoms in total. The third-order valence-corrected chi connectivity index (χ3v) is 6.85. The predicted molar refractivity (Wildman–Crippen MR) is 144 cm³/mol. The molecule has 38 heavy (non-hydrogen) atoms. The first-order chi connectivity index (χ1) is 18.3. The Morgan fingerprint density at radius 2 is 1.95 bits per heavy atom. The molecule has 0 radical (unpaired) electrons. The summed E-state index contributed by atoms with van der Waals surface area (Å²) in [7, 11) is 2.81. The standard InChI is InChI=1S/C28H28N2O7S/c1-6-12-37-20-11-9-18(15-22(20)34-4)25-24(27(33)35-5)16(3)29-28-30(25)26(32)23(38-28)14-17-8-10-19(31)21(13-17)36-7-2/h6,8-11,13-15,25,31H,1,7,12H2,2-5H3. The average Bonchev–Trinajstić information content (AvgIpc) is 3.22. The second-order valence-corrected chi connectivity index (χ2v) is 9.25. The molecule has 2 heterocycles. The van der Waals surface area contributed by atoms with Crippen molar-refractivity contribution in [1.82, 2.24) is 4.57 Å². The van der Waals surface area contributed by atoms with E-state index in [1.54, 1.807) is 49.4 Å². The Morgan fingerprint density at radius 1 is 1.16 bits per heavy atom. The van der Waals surface area contributed by atoms with Gasteiger partial charge >= 0.3 is 5.97 Å². The number of methoxy groups -OCH3 is 2. The molecule has 3 aromatic rings. The molecule has 0 bridgehead atoms. The van der Waals surface area contributed by atoms with E-state index in [1.165, 1.54) is 36.2 Å². The fourth-order valence-corrected chi connectivity index (χ4v) is 5.22. The smallest absolute Gasteiger partial charge is 0.338 e. The molecule has 1 unspecified atom stereocenters. The van der Waals surface area contributed by atoms with Crippen LogP contribution in [-0.2, 0) is 9.53 Å². The molecule has 1 aromatic heterocycles. The molecule has 0 aliphatic carbocycles. The summed E-state index contributed by atoms with van der Waals surface area (Å²) in [6.07, 6.45) is 3.32. The number of carbonyl (C=O) groups excluding carboxylic acids is 1. The van der Waals surface area contributed by atoms with Crippen LogP contribution in [0.1, 0.15) is 31.0 Å². The first-order valence-electron chi connectivity index (χ1n) is 11.8. The zero-order valence-corrected chi connectivity index (χ0v) is 22.3. The molecular formula is C28H28N2O7S. The van der Waals surface area contributed by atoms with Crippen molar-refractivity contribution in [3.05, 3.63) is 91.1 Å². The van der Waals surface area contributed by atoms with E-state index < -0.39 is 12.0 Å². The van der Waals surface area contributed by atoms with Gasteiger partial charge in [0.25, 0.3) is 5.56 Å². The van der Waals surface area contributed by atoms with Gasteiger partial charge in [-0.15, -0.1) is 0 Å². The average molecular weight is 537 g/mol. The molecule has 0 amide bonds. The van der Waals surface area contributed by atoms with Crippen LogP contribution >= 0.6 is 11.3 Å². The number of benzene rings is 2. The molecular weight excluding hydrogens is 508 g/mol. The number of phenolic OH excluding ortho intramolecular Hbond substituents is 1. The molecule has 2 aromatic carbocycles. The highest BCUT2D eigenvalue weighted by Gasteiger charge is 2.33. The molecule has 0 fully saturated rings. The van der Waals surface area contributed by atoms with E-state index in [2.05, 4.69) is 11.6 Å². The van der Waals surface area contributed by atoms with Crippen LogP contribution in [0.3, 0.4) is 0 Å². The lowest BCUT2D eigenvalue weighted by Crippen LogP contribution is -2.39. The van der Waals surface area contributed by atoms with Gasteiger partial charge in [0.05, 0.1) is 42.7 Å². The number of esters is 1. The minimum absolute atomic E-state index is 0.0123. The largest absolute Gasteiger partial charge is 0.504 e. The summed E-state index contributed by atoms with van der Waals surface area (Å²) in [4.78, 5) is 31.7. The number of thiazole rings is 1. The minimum Gasteiger partial charge on any atom is -0.504 e. The van der Waals surface area contributed by atoms with Crippen molar-refractivity contribution in [3.8, 4) is 23.0 Å². The molecule has 0 spiro atoms. The lowest BCUT2D eigenvalue weighted by atomic mass is 9.95. The number of hydrogen-bond acceptors (Lipinski definition) is 9. The molecule has 0 saturated carbocycles. The second-order valence-electron chi connectivity index (χ2n) is 8.24. The van der Waals surface area contributed by atoms with Gasteiger partial charge in [-0.05, 0) is 55.3 Å². The lowest BCUT2D eigenvalue weighted by molar-refractivity contribution is -0.136. The number of allylic oxidation sites excluding steroid dienone is 1. The second kappa shape index (κ2) is 11.4. The van der Waals surface area contributed by atoms with Crippen molar-refractivity contribution in [1.29, 1.82) is 0 Å². The number of fused-ring (bicyclic) bond motifs is 1. The quantitative estimate of drug-likeness (QED) is 0.331. The maximum atomic E-state index is 13.8. The van der Waals surface area contributed by atoms with Crippen LogP contribution in [0.25, 0.3) is 6.08 Å². The number of carbonyl (C=O) groups is 1. The van der Waals surface area contributed by atoms with E-state index in [1.807, 2.05) is 6.92 Å². The Kier molecular flexibility index (Phi) is 8.02. The van der Waals surface area contributed by atoms with Gasteiger partial charge in [0.15, 0.2) is 27.8 Å². The third kappa shape index (κ3) is 5.08. The number of aromatic nitrogens is 1. The van der Waals surface area contributed by atoms with Crippen LogP contribution in [0.2, 0.25) is 0 Å². The molecule has 0 saturated heterocycles. The van der Waals surface area contributed by atoms with Gasteiger partial charge in [0, 0.05) is 0 Å². The first kappa shape index (κ1) is 26.7. The predicted octanol–water partition coefficient (Wildman–Crippen LogP) is 3.09. The summed E-state index contributed by atoms with van der Waals surface area (Å²) in [5.41, 5.74) is 1.66. The maximum absolute atomic E-state index is 13.8. The number of nitrogens with zero attached hydrogens (tertiary/aromatic N) is 2. The van der Waals surface area contributed by atoms with E-state index in [4.69, 9.17) is 18.9 Å². The topological polar surface area (TPSA) is 109 Å². The summed E-state index contributed by atoms with van der Waals surface area (Å²) in [6, 6.07) is 9.29. The van der Waals surface area contributed by atoms with E-state index >= 15 is 0 Å². The summed E-state index contributed by atoms with van der Waals surface area (Å²) >= 11 is 1.20. The lowest BCUT2D eigenvalue weighted by Gasteiger charge is -2.25. The summed E-state index contributed by atoms with van der Waals surface area (Å²) < 4.78 is 23.6. The van der Waals surface area contributed by atoms with Crippen molar-refractivity contribution in [2.45, 2.75) is 19.9 Å². The summed E-state index contributed by atoms with van der Waals surface area (Å²) in [5.74, 6) is 0.690. The van der Waals surface area contributed by atoms with Crippen molar-refractivity contribution < 1.29 is 28.8 Å². The Hall–Kier alpha value is -4.31. The molecule has 1 aliphatic heterocycles. The van der Waals surface area contributed by atoms with Gasteiger partial charge in [0.2, 0.25) is 0 Å². The Bertz CT molecular complexity index is 1600. The first-order valence-corrected chi connectivity index (χ1v) is 12.6. The van der Waals surface area contributed by atoms with E-state index in [0.29, 0.717) is 56.6 Å². The van der Waals surface area contributed by atoms with Crippen LogP contribution in [0.4, 0.5) is 0 Å². The molecule has 1 aliphatic rings. The zero-order valence-electron chi connectivity index (χ0n) is 21.5. The van der Waals surface area contributed by atoms with Gasteiger partial charge in [-0.3, -0.25) is 9.36 Å². The number of ether oxygens (including phenoxy) is 4. The van der Waals surface area contributed by atoms with Crippen molar-refractivity contribution in [2.24, 2.45) is 4.99 Å². The van der Waals surface area contributed by atoms with Crippen molar-refractivity contribution >= 4 is 23.4 Å². The van der Waals surface area contributed by atoms with Crippen LogP contribution in [0.15, 0.2) is 70.1 Å². The molecule has 198 valence electrons. The Morgan fingerprint density at radius 3 is 2.63 bits per heavy atom. The van der Waals surface area contributed by atoms with Gasteiger partial charge in [-0.2, -0.15) is 0 Å². The molecule has 10 heteroatoms. The molecule has 1 N–H and O–H groups in total. The van der Waals surface area contributed by atoms with Gasteiger partial charge in [0.1, 0.15) is 6.61 Å². The van der Waals surface area contributed by atoms with Crippen LogP contribution in [0.5, 0.6) is 23.0 Å². The normalized spacial score (nSPS) is 14.9. The van der Waals surface area contributed by atoms with Crippen LogP contribution < -0.4 is 29.1 Å². The van der Waals surface area contributed by atoms with Crippen LogP contribution in [0, 0.1) is 0 Å². The highest BCUT2D eigenvalue weighted by atomic mass is 32.1. The van der Waals surface area contributed by atoms with Gasteiger partial charge < -0.3 is 24.1 Å². The fraction of sp³-hybridized carbons (Fsp3) is 0.250. The van der Waals surface area contributed by atoms with E-state index in [9.17, 15) is 14.7 Å². The molecule has 4 rings (SSSR count). The SMILES string of the molecule is C=CCOc1ccc(C2C(C(=O)OC)=C(C)N=c3sc(=Cc4ccc(O)c(OCC)c4)c(=O)n32)cc1OC. The highest BCUT2D eigenvalue weighted by Crippen LogP contribution is 2.36. The van der Waals surface area contributed by atoms with Crippen LogP contribution in [-0.4, -0.2) is 43.1 Å². The van der Waals surface area contributed by atoms with E-state index in [-0.39, 0.29) is 16.9 Å². The fourth-order valence-electron chi connectivity index (χ4n) is 4.17.